The highest BCUT2D eigenvalue weighted by Gasteiger charge is 2.10. The van der Waals surface area contributed by atoms with Crippen LogP contribution in [0.5, 0.6) is 0 Å². The zero-order valence-electron chi connectivity index (χ0n) is 10.7. The van der Waals surface area contributed by atoms with Gasteiger partial charge in [-0.05, 0) is 48.4 Å². The molecule has 2 nitrogen and oxygen atoms in total. The highest BCUT2D eigenvalue weighted by molar-refractivity contribution is 6.30. The third-order valence-electron chi connectivity index (χ3n) is 3.03. The lowest BCUT2D eigenvalue weighted by Gasteiger charge is -2.20. The van der Waals surface area contributed by atoms with E-state index in [1.165, 1.54) is 12.1 Å². The summed E-state index contributed by atoms with van der Waals surface area (Å²) in [7, 11) is 0. The van der Waals surface area contributed by atoms with Crippen molar-refractivity contribution in [3.8, 4) is 0 Å². The third-order valence-corrected chi connectivity index (χ3v) is 3.26. The van der Waals surface area contributed by atoms with Gasteiger partial charge in [0.05, 0.1) is 6.04 Å². The second kappa shape index (κ2) is 6.04. The van der Waals surface area contributed by atoms with E-state index in [1.54, 1.807) is 12.1 Å². The van der Waals surface area contributed by atoms with Gasteiger partial charge >= 0.3 is 0 Å². The number of rotatable bonds is 4. The molecule has 0 saturated heterocycles. The normalized spacial score (nSPS) is 12.2. The Morgan fingerprint density at radius 3 is 2.47 bits per heavy atom. The lowest BCUT2D eigenvalue weighted by Crippen LogP contribution is -2.21. The van der Waals surface area contributed by atoms with E-state index >= 15 is 0 Å². The van der Waals surface area contributed by atoms with E-state index in [2.05, 4.69) is 5.32 Å². The van der Waals surface area contributed by atoms with Crippen molar-refractivity contribution in [2.75, 3.05) is 11.9 Å². The number of hydrogen-bond acceptors (Lipinski definition) is 2. The molecule has 1 atom stereocenters. The molecule has 0 amide bonds. The van der Waals surface area contributed by atoms with Crippen LogP contribution in [0.3, 0.4) is 0 Å². The van der Waals surface area contributed by atoms with Gasteiger partial charge in [-0.15, -0.1) is 0 Å². The number of hydrogen-bond donors (Lipinski definition) is 2. The predicted molar refractivity (Wildman–Crippen MR) is 78.0 cm³/mol. The van der Waals surface area contributed by atoms with Crippen molar-refractivity contribution in [2.24, 2.45) is 5.73 Å². The number of nitrogens with two attached hydrogens (primary N) is 1. The molecule has 0 aliphatic rings. The zero-order chi connectivity index (χ0) is 13.8. The molecule has 2 rings (SSSR count). The Labute approximate surface area is 117 Å². The summed E-state index contributed by atoms with van der Waals surface area (Å²) in [6.07, 6.45) is 0. The van der Waals surface area contributed by atoms with Gasteiger partial charge in [-0.1, -0.05) is 23.7 Å². The number of anilines is 1. The van der Waals surface area contributed by atoms with Crippen LogP contribution in [0.15, 0.2) is 42.5 Å². The minimum atomic E-state index is -0.248. The summed E-state index contributed by atoms with van der Waals surface area (Å²) in [5.41, 5.74) is 8.77. The summed E-state index contributed by atoms with van der Waals surface area (Å²) in [5.74, 6) is -0.248. The Balaban J connectivity index is 2.21. The van der Waals surface area contributed by atoms with E-state index in [1.807, 2.05) is 25.1 Å². The topological polar surface area (TPSA) is 38.0 Å². The molecule has 0 saturated carbocycles. The van der Waals surface area contributed by atoms with Gasteiger partial charge in [-0.3, -0.25) is 0 Å². The standard InChI is InChI=1S/C15H16ClFN2/c1-10-8-12(16)4-7-14(10)19-15(9-18)11-2-5-13(17)6-3-11/h2-8,15,19H,9,18H2,1H3. The van der Waals surface area contributed by atoms with Crippen molar-refractivity contribution in [3.63, 3.8) is 0 Å². The highest BCUT2D eigenvalue weighted by Crippen LogP contribution is 2.24. The average Bonchev–Trinajstić information content (AvgIpc) is 2.39. The van der Waals surface area contributed by atoms with E-state index < -0.39 is 0 Å². The summed E-state index contributed by atoms with van der Waals surface area (Å²) < 4.78 is 12.9. The van der Waals surface area contributed by atoms with Gasteiger partial charge in [-0.2, -0.15) is 0 Å². The summed E-state index contributed by atoms with van der Waals surface area (Å²) in [6, 6.07) is 11.9. The van der Waals surface area contributed by atoms with Crippen LogP contribution in [0.25, 0.3) is 0 Å². The SMILES string of the molecule is Cc1cc(Cl)ccc1NC(CN)c1ccc(F)cc1. The summed E-state index contributed by atoms with van der Waals surface area (Å²) in [5, 5.41) is 4.06. The monoisotopic (exact) mass is 278 g/mol. The van der Waals surface area contributed by atoms with Gasteiger partial charge < -0.3 is 11.1 Å². The van der Waals surface area contributed by atoms with Crippen LogP contribution in [0.4, 0.5) is 10.1 Å². The van der Waals surface area contributed by atoms with Crippen LogP contribution >= 0.6 is 11.6 Å². The Kier molecular flexibility index (Phi) is 4.40. The first-order valence-electron chi connectivity index (χ1n) is 6.08. The maximum absolute atomic E-state index is 12.9. The maximum atomic E-state index is 12.9. The van der Waals surface area contributed by atoms with Gasteiger partial charge in [0.1, 0.15) is 5.82 Å². The molecule has 0 radical (unpaired) electrons. The molecule has 0 aliphatic carbocycles. The molecule has 0 fully saturated rings. The molecule has 19 heavy (non-hydrogen) atoms. The Bertz CT molecular complexity index is 555. The number of benzene rings is 2. The van der Waals surface area contributed by atoms with Crippen LogP contribution < -0.4 is 11.1 Å². The molecular formula is C15H16ClFN2. The van der Waals surface area contributed by atoms with E-state index in [9.17, 15) is 4.39 Å². The first-order valence-corrected chi connectivity index (χ1v) is 6.46. The fourth-order valence-corrected chi connectivity index (χ4v) is 2.18. The fraction of sp³-hybridized carbons (Fsp3) is 0.200. The number of halogens is 2. The average molecular weight is 279 g/mol. The van der Waals surface area contributed by atoms with Crippen molar-refractivity contribution < 1.29 is 4.39 Å². The number of aryl methyl sites for hydroxylation is 1. The fourth-order valence-electron chi connectivity index (χ4n) is 1.95. The van der Waals surface area contributed by atoms with Crippen LogP contribution in [0.1, 0.15) is 17.2 Å². The quantitative estimate of drug-likeness (QED) is 0.890. The molecule has 2 aromatic carbocycles. The van der Waals surface area contributed by atoms with Crippen molar-refractivity contribution in [1.82, 2.24) is 0 Å². The smallest absolute Gasteiger partial charge is 0.123 e. The van der Waals surface area contributed by atoms with E-state index in [0.717, 1.165) is 16.8 Å². The van der Waals surface area contributed by atoms with Crippen molar-refractivity contribution in [3.05, 3.63) is 64.4 Å². The van der Waals surface area contributed by atoms with Crippen LogP contribution in [-0.2, 0) is 0 Å². The van der Waals surface area contributed by atoms with Gasteiger partial charge in [0.15, 0.2) is 0 Å². The Hall–Kier alpha value is -1.58. The molecule has 0 aliphatic heterocycles. The van der Waals surface area contributed by atoms with E-state index in [4.69, 9.17) is 17.3 Å². The highest BCUT2D eigenvalue weighted by atomic mass is 35.5. The van der Waals surface area contributed by atoms with Crippen LogP contribution in [0.2, 0.25) is 5.02 Å². The summed E-state index contributed by atoms with van der Waals surface area (Å²) >= 11 is 5.93. The zero-order valence-corrected chi connectivity index (χ0v) is 11.4. The molecule has 3 N–H and O–H groups in total. The molecule has 0 aromatic heterocycles. The third kappa shape index (κ3) is 3.46. The lowest BCUT2D eigenvalue weighted by molar-refractivity contribution is 0.626. The van der Waals surface area contributed by atoms with Crippen LogP contribution in [-0.4, -0.2) is 6.54 Å². The molecule has 0 bridgehead atoms. The molecular weight excluding hydrogens is 263 g/mol. The first kappa shape index (κ1) is 13.8. The molecule has 100 valence electrons. The van der Waals surface area contributed by atoms with E-state index in [-0.39, 0.29) is 11.9 Å². The second-order valence-corrected chi connectivity index (χ2v) is 4.88. The lowest BCUT2D eigenvalue weighted by atomic mass is 10.1. The van der Waals surface area contributed by atoms with Gasteiger partial charge in [0, 0.05) is 17.3 Å². The van der Waals surface area contributed by atoms with Crippen LogP contribution in [0, 0.1) is 12.7 Å². The van der Waals surface area contributed by atoms with Crippen molar-refractivity contribution in [1.29, 1.82) is 0 Å². The van der Waals surface area contributed by atoms with Crippen molar-refractivity contribution >= 4 is 17.3 Å². The molecule has 0 heterocycles. The second-order valence-electron chi connectivity index (χ2n) is 4.44. The van der Waals surface area contributed by atoms with E-state index in [0.29, 0.717) is 11.6 Å². The Morgan fingerprint density at radius 1 is 1.21 bits per heavy atom. The molecule has 2 aromatic rings. The largest absolute Gasteiger partial charge is 0.377 e. The van der Waals surface area contributed by atoms with Crippen molar-refractivity contribution in [2.45, 2.75) is 13.0 Å². The first-order chi connectivity index (χ1) is 9.10. The Morgan fingerprint density at radius 2 is 1.89 bits per heavy atom. The summed E-state index contributed by atoms with van der Waals surface area (Å²) in [6.45, 7) is 2.40. The molecule has 0 spiro atoms. The predicted octanol–water partition coefficient (Wildman–Crippen LogP) is 3.90. The number of nitrogens with one attached hydrogen (secondary N) is 1. The van der Waals surface area contributed by atoms with Gasteiger partial charge in [0.2, 0.25) is 0 Å². The van der Waals surface area contributed by atoms with Gasteiger partial charge in [-0.25, -0.2) is 4.39 Å². The minimum Gasteiger partial charge on any atom is -0.377 e. The minimum absolute atomic E-state index is 0.0551. The molecule has 1 unspecified atom stereocenters. The summed E-state index contributed by atoms with van der Waals surface area (Å²) in [4.78, 5) is 0. The molecule has 4 heteroatoms. The van der Waals surface area contributed by atoms with Gasteiger partial charge in [0.25, 0.3) is 0 Å². The maximum Gasteiger partial charge on any atom is 0.123 e.